The van der Waals surface area contributed by atoms with Gasteiger partial charge in [0.15, 0.2) is 0 Å². The molecule has 0 saturated heterocycles. The predicted octanol–water partition coefficient (Wildman–Crippen LogP) is 24.8. The Morgan fingerprint density at radius 2 is 0.735 bits per heavy atom. The Balaban J connectivity index is 1.14. The maximum absolute atomic E-state index is 9.86. The van der Waals surface area contributed by atoms with Crippen LogP contribution in [0, 0.1) is 0 Å². The minimum Gasteiger partial charge on any atom is -0.310 e. The van der Waals surface area contributed by atoms with Crippen LogP contribution in [0.2, 0.25) is 0 Å². The molecule has 0 amide bonds. The number of fused-ring (bicyclic) bond motifs is 7. The number of hydrogen-bond acceptors (Lipinski definition) is 3. The van der Waals surface area contributed by atoms with E-state index in [2.05, 4.69) is 326 Å². The predicted molar refractivity (Wildman–Crippen MR) is 439 cm³/mol. The highest BCUT2D eigenvalue weighted by Crippen LogP contribution is 2.55. The quantitative estimate of drug-likeness (QED) is 0.135. The van der Waals surface area contributed by atoms with Crippen molar-refractivity contribution >= 4 is 79.0 Å². The average Bonchev–Trinajstić information content (AvgIpc) is 1.37. The summed E-state index contributed by atoms with van der Waals surface area (Å²) in [5.74, 6) is 0. The highest BCUT2D eigenvalue weighted by atomic mass is 15.2. The van der Waals surface area contributed by atoms with Crippen LogP contribution in [-0.2, 0) is 27.1 Å². The Morgan fingerprint density at radius 3 is 1.24 bits per heavy atom. The number of nitrogens with zero attached hydrogens (tertiary/aromatic N) is 4. The van der Waals surface area contributed by atoms with Gasteiger partial charge in [0.25, 0.3) is 6.71 Å². The van der Waals surface area contributed by atoms with Gasteiger partial charge in [0.05, 0.1) is 39.1 Å². The molecule has 16 rings (SSSR count). The lowest BCUT2D eigenvalue weighted by Gasteiger charge is -2.46. The van der Waals surface area contributed by atoms with Crippen molar-refractivity contribution in [3.05, 3.63) is 307 Å². The number of benzene rings is 12. The zero-order valence-electron chi connectivity index (χ0n) is 69.3. The van der Waals surface area contributed by atoms with Gasteiger partial charge in [-0.25, -0.2) is 0 Å². The largest absolute Gasteiger partial charge is 0.310 e. The van der Waals surface area contributed by atoms with Crippen LogP contribution in [0.15, 0.2) is 279 Å². The molecule has 14 aromatic rings. The Morgan fingerprint density at radius 1 is 0.314 bits per heavy atom. The fourth-order valence-electron chi connectivity index (χ4n) is 15.5. The van der Waals surface area contributed by atoms with E-state index in [0.717, 1.165) is 129 Å². The first-order valence-electron chi connectivity index (χ1n) is 39.9. The summed E-state index contributed by atoms with van der Waals surface area (Å²) in [5, 5.41) is 0.0203. The molecular weight excluding hydrogens is 1230 g/mol. The lowest BCUT2D eigenvalue weighted by Crippen LogP contribution is -2.61. The van der Waals surface area contributed by atoms with E-state index >= 15 is 0 Å². The third-order valence-electron chi connectivity index (χ3n) is 20.8. The van der Waals surface area contributed by atoms with Gasteiger partial charge in [0, 0.05) is 83.6 Å². The monoisotopic (exact) mass is 1330 g/mol. The maximum Gasteiger partial charge on any atom is 0.252 e. The summed E-state index contributed by atoms with van der Waals surface area (Å²) < 4.78 is 77.3. The Labute approximate surface area is 616 Å². The molecule has 102 heavy (non-hydrogen) atoms. The van der Waals surface area contributed by atoms with Gasteiger partial charge in [-0.05, 0) is 137 Å². The molecule has 0 aliphatic carbocycles. The smallest absolute Gasteiger partial charge is 0.252 e. The molecule has 0 spiro atoms. The van der Waals surface area contributed by atoms with E-state index in [1.54, 1.807) is 4.57 Å². The van der Waals surface area contributed by atoms with Gasteiger partial charge < -0.3 is 14.4 Å². The van der Waals surface area contributed by atoms with Crippen molar-refractivity contribution in [2.24, 2.45) is 0 Å². The SMILES string of the molecule is [2H]c1c([2H])c([2H])c2c(c1[2H])c1c([2H])c([2H])c([2H])c([2H])c1n2-c1ccc2c(c1)N(c1c(-c3ccccc3)cccc1-c1ccccc1)c1cc(-c3cccc(C(C)(C)C)c3)cc3c1B2c1ccc(-c2cc(C(C)(C)C)cc(C(C)(C)C)c2)cc1N3c1c(-c2ccccc2)cccc1-c1ccc(C(C)(C)C)nc1C(C)(C)C. The molecule has 0 atom stereocenters. The first kappa shape index (κ1) is 56.9. The van der Waals surface area contributed by atoms with Crippen LogP contribution < -0.4 is 26.2 Å². The van der Waals surface area contributed by atoms with Crippen molar-refractivity contribution in [2.75, 3.05) is 9.80 Å². The van der Waals surface area contributed by atoms with Crippen molar-refractivity contribution in [3.8, 4) is 72.4 Å². The molecule has 0 N–H and O–H groups in total. The van der Waals surface area contributed by atoms with E-state index in [-0.39, 0.29) is 55.6 Å². The highest BCUT2D eigenvalue weighted by Gasteiger charge is 2.46. The molecule has 5 heteroatoms. The zero-order chi connectivity index (χ0) is 77.9. The molecule has 4 nitrogen and oxygen atoms in total. The van der Waals surface area contributed by atoms with E-state index in [0.29, 0.717) is 5.69 Å². The van der Waals surface area contributed by atoms with Crippen LogP contribution in [0.5, 0.6) is 0 Å². The van der Waals surface area contributed by atoms with E-state index in [9.17, 15) is 8.22 Å². The Bertz CT molecular complexity index is 5940. The molecule has 502 valence electrons. The molecule has 0 bridgehead atoms. The summed E-state index contributed by atoms with van der Waals surface area (Å²) in [4.78, 5) is 10.8. The summed E-state index contributed by atoms with van der Waals surface area (Å²) >= 11 is 0. The molecule has 2 aliphatic heterocycles. The summed E-state index contributed by atoms with van der Waals surface area (Å²) in [5.41, 5.74) is 25.4. The summed E-state index contributed by atoms with van der Waals surface area (Å²) in [6.07, 6.45) is 0. The van der Waals surface area contributed by atoms with Crippen molar-refractivity contribution < 1.29 is 11.0 Å². The minimum absolute atomic E-state index is 0.0101. The maximum atomic E-state index is 9.86. The van der Waals surface area contributed by atoms with Crippen molar-refractivity contribution in [2.45, 2.75) is 131 Å². The number of para-hydroxylation sites is 4. The second-order valence-electron chi connectivity index (χ2n) is 33.1. The topological polar surface area (TPSA) is 24.3 Å². The standard InChI is InChI=1S/C97H91BN4/c1-93(2,3)69-39-29-38-65(54-69)68-58-86-89-87(59-68)102(90-73(62-32-19-16-20-33-62)42-30-43-74(90)63-34-21-17-22-35-63)85-61-72(100-82-46-27-25-40-76(82)77-41-26-28-47-83(77)100)49-52-81(85)98(89)80-51-48-66(67-55-70(94(4,5)6)60-71(56-67)95(7,8)9)57-84(80)101(86)91-75(64-36-23-18-24-37-64)44-31-45-78(91)79-50-53-88(96(10,11)12)99-92(79)97(13,14)15/h16-61H,1-15H3/i25D,26D,27D,28D,40D,41D,46D,47D. The van der Waals surface area contributed by atoms with Gasteiger partial charge in [-0.2, -0.15) is 0 Å². The highest BCUT2D eigenvalue weighted by molar-refractivity contribution is 7.00. The van der Waals surface area contributed by atoms with Gasteiger partial charge in [-0.3, -0.25) is 4.98 Å². The van der Waals surface area contributed by atoms with E-state index in [1.807, 2.05) is 18.2 Å². The molecule has 0 fully saturated rings. The van der Waals surface area contributed by atoms with Gasteiger partial charge in [-0.1, -0.05) is 334 Å². The molecule has 12 aromatic carbocycles. The van der Waals surface area contributed by atoms with Crippen LogP contribution in [0.1, 0.15) is 143 Å². The molecule has 2 aliphatic rings. The van der Waals surface area contributed by atoms with Crippen molar-refractivity contribution in [1.82, 2.24) is 9.55 Å². The first-order valence-corrected chi connectivity index (χ1v) is 35.9. The van der Waals surface area contributed by atoms with E-state index in [1.165, 1.54) is 16.7 Å². The molecular formula is C97H91BN4. The lowest BCUT2D eigenvalue weighted by molar-refractivity contribution is 0.532. The normalized spacial score (nSPS) is 14.3. The molecule has 0 radical (unpaired) electrons. The zero-order valence-corrected chi connectivity index (χ0v) is 61.3. The lowest BCUT2D eigenvalue weighted by atomic mass is 9.33. The molecule has 0 unspecified atom stereocenters. The van der Waals surface area contributed by atoms with Crippen LogP contribution >= 0.6 is 0 Å². The minimum atomic E-state index is -0.511. The van der Waals surface area contributed by atoms with Gasteiger partial charge >= 0.3 is 0 Å². The van der Waals surface area contributed by atoms with Gasteiger partial charge in [0.2, 0.25) is 0 Å². The first-order chi connectivity index (χ1) is 52.1. The van der Waals surface area contributed by atoms with Crippen LogP contribution in [0.25, 0.3) is 94.3 Å². The second-order valence-corrected chi connectivity index (χ2v) is 33.1. The number of rotatable bonds is 9. The molecule has 0 saturated carbocycles. The summed E-state index contributed by atoms with van der Waals surface area (Å²) in [6.45, 7) is 33.6. The summed E-state index contributed by atoms with van der Waals surface area (Å²) in [6, 6.07) is 80.5. The average molecular weight is 1330 g/mol. The van der Waals surface area contributed by atoms with Crippen LogP contribution in [0.3, 0.4) is 0 Å². The second kappa shape index (κ2) is 24.5. The third kappa shape index (κ3) is 11.5. The van der Waals surface area contributed by atoms with Gasteiger partial charge in [0.1, 0.15) is 0 Å². The number of hydrogen-bond donors (Lipinski definition) is 0. The summed E-state index contributed by atoms with van der Waals surface area (Å²) in [7, 11) is 0. The number of anilines is 6. The van der Waals surface area contributed by atoms with Crippen LogP contribution in [-0.4, -0.2) is 16.3 Å². The Hall–Kier alpha value is -10.7. The van der Waals surface area contributed by atoms with Crippen LogP contribution in [0.4, 0.5) is 34.1 Å². The number of pyridine rings is 1. The van der Waals surface area contributed by atoms with Crippen molar-refractivity contribution in [1.29, 1.82) is 0 Å². The third-order valence-corrected chi connectivity index (χ3v) is 20.8. The molecule has 4 heterocycles. The fraction of sp³-hybridized carbons (Fsp3) is 0.206. The molecule has 2 aromatic heterocycles. The fourth-order valence-corrected chi connectivity index (χ4v) is 15.5. The van der Waals surface area contributed by atoms with E-state index < -0.39 is 48.4 Å². The van der Waals surface area contributed by atoms with Crippen molar-refractivity contribution in [3.63, 3.8) is 0 Å². The van der Waals surface area contributed by atoms with Gasteiger partial charge in [-0.15, -0.1) is 0 Å². The van der Waals surface area contributed by atoms with E-state index in [4.69, 9.17) is 7.73 Å². The number of aromatic nitrogens is 2. The Kier molecular flexibility index (Phi) is 13.7.